The first-order valence-electron chi connectivity index (χ1n) is 8.08. The van der Waals surface area contributed by atoms with Gasteiger partial charge in [-0.05, 0) is 30.7 Å². The first-order valence-corrected chi connectivity index (χ1v) is 8.08. The molecule has 1 aliphatic heterocycles. The topological polar surface area (TPSA) is 72.5 Å². The molecule has 2 aromatic rings. The largest absolute Gasteiger partial charge is 0.478 e. The predicted octanol–water partition coefficient (Wildman–Crippen LogP) is 2.39. The molecule has 0 aliphatic carbocycles. The second-order valence-corrected chi connectivity index (χ2v) is 5.46. The molecule has 0 spiro atoms. The number of carbonyl (C=O) groups excluding carboxylic acids is 1. The second-order valence-electron chi connectivity index (χ2n) is 5.46. The minimum Gasteiger partial charge on any atom is -0.478 e. The maximum Gasteiger partial charge on any atom is 0.257 e. The van der Waals surface area contributed by atoms with Crippen LogP contribution in [0.1, 0.15) is 28.9 Å². The van der Waals surface area contributed by atoms with Crippen LogP contribution in [0.2, 0.25) is 0 Å². The van der Waals surface area contributed by atoms with Crippen LogP contribution in [0.4, 0.5) is 5.69 Å². The van der Waals surface area contributed by atoms with Crippen LogP contribution in [0.5, 0.6) is 5.88 Å². The summed E-state index contributed by atoms with van der Waals surface area (Å²) in [6, 6.07) is 11.1. The summed E-state index contributed by atoms with van der Waals surface area (Å²) in [6.45, 7) is 4.85. The Hall–Kier alpha value is -2.44. The van der Waals surface area contributed by atoms with Crippen molar-refractivity contribution in [2.45, 2.75) is 13.0 Å². The molecule has 3 rings (SSSR count). The van der Waals surface area contributed by atoms with Gasteiger partial charge in [0.2, 0.25) is 5.88 Å². The van der Waals surface area contributed by atoms with Gasteiger partial charge in [-0.1, -0.05) is 12.1 Å². The van der Waals surface area contributed by atoms with Gasteiger partial charge in [0.05, 0.1) is 24.9 Å². The Balaban J connectivity index is 1.61. The summed E-state index contributed by atoms with van der Waals surface area (Å²) in [4.78, 5) is 16.3. The van der Waals surface area contributed by atoms with Crippen LogP contribution in [-0.2, 0) is 4.74 Å². The number of anilines is 1. The zero-order valence-corrected chi connectivity index (χ0v) is 13.6. The lowest BCUT2D eigenvalue weighted by Gasteiger charge is -2.24. The van der Waals surface area contributed by atoms with Crippen LogP contribution < -0.4 is 15.4 Å². The predicted molar refractivity (Wildman–Crippen MR) is 91.4 cm³/mol. The first kappa shape index (κ1) is 16.4. The van der Waals surface area contributed by atoms with Crippen molar-refractivity contribution in [1.29, 1.82) is 0 Å². The van der Waals surface area contributed by atoms with E-state index in [1.54, 1.807) is 12.1 Å². The molecular weight excluding hydrogens is 306 g/mol. The number of rotatable bonds is 5. The van der Waals surface area contributed by atoms with E-state index in [9.17, 15) is 4.79 Å². The van der Waals surface area contributed by atoms with Gasteiger partial charge < -0.3 is 20.1 Å². The van der Waals surface area contributed by atoms with E-state index in [0.29, 0.717) is 24.7 Å². The normalized spacial score (nSPS) is 17.3. The number of carbonyl (C=O) groups is 1. The van der Waals surface area contributed by atoms with Gasteiger partial charge in [-0.3, -0.25) is 4.79 Å². The standard InChI is InChI=1S/C18H21N3O3/c1-2-23-17-8-5-14(11-20-17)18(22)21-15-6-3-13(4-7-15)16-12-19-9-10-24-16/h3-8,11,16,19H,2,9-10,12H2,1H3,(H,21,22)/t16-/m0/s1. The molecule has 6 nitrogen and oxygen atoms in total. The van der Waals surface area contributed by atoms with Crippen molar-refractivity contribution in [3.63, 3.8) is 0 Å². The number of hydrogen-bond donors (Lipinski definition) is 2. The molecule has 2 N–H and O–H groups in total. The van der Waals surface area contributed by atoms with Gasteiger partial charge in [0.15, 0.2) is 0 Å². The molecule has 1 atom stereocenters. The van der Waals surface area contributed by atoms with E-state index >= 15 is 0 Å². The number of pyridine rings is 1. The number of hydrogen-bond acceptors (Lipinski definition) is 5. The number of ether oxygens (including phenoxy) is 2. The van der Waals surface area contributed by atoms with Gasteiger partial charge in [-0.25, -0.2) is 4.98 Å². The fourth-order valence-corrected chi connectivity index (χ4v) is 2.51. The Morgan fingerprint density at radius 3 is 2.79 bits per heavy atom. The fraction of sp³-hybridized carbons (Fsp3) is 0.333. The van der Waals surface area contributed by atoms with E-state index in [1.807, 2.05) is 31.2 Å². The van der Waals surface area contributed by atoms with Gasteiger partial charge in [0.25, 0.3) is 5.91 Å². The summed E-state index contributed by atoms with van der Waals surface area (Å²) in [5, 5.41) is 6.17. The molecule has 6 heteroatoms. The molecule has 1 saturated heterocycles. The van der Waals surface area contributed by atoms with Crippen molar-refractivity contribution in [3.05, 3.63) is 53.7 Å². The molecule has 1 amide bonds. The van der Waals surface area contributed by atoms with Gasteiger partial charge >= 0.3 is 0 Å². The molecule has 0 bridgehead atoms. The third-order valence-electron chi connectivity index (χ3n) is 3.76. The highest BCUT2D eigenvalue weighted by Gasteiger charge is 2.15. The van der Waals surface area contributed by atoms with Crippen molar-refractivity contribution in [1.82, 2.24) is 10.3 Å². The van der Waals surface area contributed by atoms with Crippen LogP contribution >= 0.6 is 0 Å². The third kappa shape index (κ3) is 4.10. The van der Waals surface area contributed by atoms with E-state index in [1.165, 1.54) is 6.20 Å². The summed E-state index contributed by atoms with van der Waals surface area (Å²) < 4.78 is 11.0. The van der Waals surface area contributed by atoms with Crippen LogP contribution in [0, 0.1) is 0 Å². The van der Waals surface area contributed by atoms with Crippen molar-refractivity contribution in [2.24, 2.45) is 0 Å². The maximum absolute atomic E-state index is 12.2. The van der Waals surface area contributed by atoms with E-state index in [0.717, 1.165) is 24.3 Å². The van der Waals surface area contributed by atoms with Gasteiger partial charge in [-0.15, -0.1) is 0 Å². The average Bonchev–Trinajstić information content (AvgIpc) is 2.64. The lowest BCUT2D eigenvalue weighted by molar-refractivity contribution is 0.0277. The number of benzene rings is 1. The van der Waals surface area contributed by atoms with E-state index in [-0.39, 0.29) is 12.0 Å². The molecule has 126 valence electrons. The number of aromatic nitrogens is 1. The van der Waals surface area contributed by atoms with Crippen molar-refractivity contribution < 1.29 is 14.3 Å². The Bertz CT molecular complexity index is 665. The summed E-state index contributed by atoms with van der Waals surface area (Å²) in [7, 11) is 0. The van der Waals surface area contributed by atoms with Crippen molar-refractivity contribution in [3.8, 4) is 5.88 Å². The monoisotopic (exact) mass is 327 g/mol. The smallest absolute Gasteiger partial charge is 0.257 e. The van der Waals surface area contributed by atoms with Crippen LogP contribution in [0.15, 0.2) is 42.6 Å². The summed E-state index contributed by atoms with van der Waals surface area (Å²) in [5.41, 5.74) is 2.33. The minimum absolute atomic E-state index is 0.0683. The lowest BCUT2D eigenvalue weighted by atomic mass is 10.1. The van der Waals surface area contributed by atoms with E-state index in [4.69, 9.17) is 9.47 Å². The zero-order valence-electron chi connectivity index (χ0n) is 13.6. The van der Waals surface area contributed by atoms with E-state index in [2.05, 4.69) is 15.6 Å². The quantitative estimate of drug-likeness (QED) is 0.882. The molecule has 0 unspecified atom stereocenters. The fourth-order valence-electron chi connectivity index (χ4n) is 2.51. The minimum atomic E-state index is -0.200. The van der Waals surface area contributed by atoms with Crippen LogP contribution in [-0.4, -0.2) is 37.2 Å². The highest BCUT2D eigenvalue weighted by atomic mass is 16.5. The molecule has 24 heavy (non-hydrogen) atoms. The number of morpholine rings is 1. The second kappa shape index (κ2) is 7.90. The number of amides is 1. The Morgan fingerprint density at radius 1 is 1.33 bits per heavy atom. The molecule has 1 aromatic carbocycles. The van der Waals surface area contributed by atoms with Crippen molar-refractivity contribution in [2.75, 3.05) is 31.6 Å². The van der Waals surface area contributed by atoms with Crippen LogP contribution in [0.3, 0.4) is 0 Å². The first-order chi connectivity index (χ1) is 11.8. The Kier molecular flexibility index (Phi) is 5.40. The Labute approximate surface area is 141 Å². The third-order valence-corrected chi connectivity index (χ3v) is 3.76. The van der Waals surface area contributed by atoms with Gasteiger partial charge in [0.1, 0.15) is 0 Å². The summed E-state index contributed by atoms with van der Waals surface area (Å²) in [6.07, 6.45) is 1.58. The van der Waals surface area contributed by atoms with Gasteiger partial charge in [-0.2, -0.15) is 0 Å². The number of nitrogens with zero attached hydrogens (tertiary/aromatic N) is 1. The highest BCUT2D eigenvalue weighted by Crippen LogP contribution is 2.21. The average molecular weight is 327 g/mol. The maximum atomic E-state index is 12.2. The van der Waals surface area contributed by atoms with Crippen LogP contribution in [0.25, 0.3) is 0 Å². The van der Waals surface area contributed by atoms with Crippen molar-refractivity contribution >= 4 is 11.6 Å². The molecule has 0 saturated carbocycles. The molecular formula is C18H21N3O3. The summed E-state index contributed by atoms with van der Waals surface area (Å²) in [5.74, 6) is 0.313. The van der Waals surface area contributed by atoms with E-state index < -0.39 is 0 Å². The molecule has 1 fully saturated rings. The van der Waals surface area contributed by atoms with Gasteiger partial charge in [0, 0.05) is 31.0 Å². The molecule has 1 aliphatic rings. The molecule has 1 aromatic heterocycles. The molecule has 0 radical (unpaired) electrons. The highest BCUT2D eigenvalue weighted by molar-refractivity contribution is 6.04. The summed E-state index contributed by atoms with van der Waals surface area (Å²) >= 11 is 0. The Morgan fingerprint density at radius 2 is 2.17 bits per heavy atom. The number of nitrogens with one attached hydrogen (secondary N) is 2. The zero-order chi connectivity index (χ0) is 16.8. The molecule has 2 heterocycles. The SMILES string of the molecule is CCOc1ccc(C(=O)Nc2ccc([C@@H]3CNCCO3)cc2)cn1. The lowest BCUT2D eigenvalue weighted by Crippen LogP contribution is -2.33.